The van der Waals surface area contributed by atoms with Crippen LogP contribution in [0.1, 0.15) is 47.5 Å². The lowest BCUT2D eigenvalue weighted by molar-refractivity contribution is 0.500. The fourth-order valence-corrected chi connectivity index (χ4v) is 3.22. The molecule has 1 N–H and O–H groups in total. The average molecular weight is 294 g/mol. The number of benzene rings is 1. The van der Waals surface area contributed by atoms with Gasteiger partial charge < -0.3 is 5.32 Å². The number of thiophene rings is 1. The van der Waals surface area contributed by atoms with Gasteiger partial charge in [-0.1, -0.05) is 29.8 Å². The Morgan fingerprint density at radius 3 is 2.32 bits per heavy atom. The first-order valence-corrected chi connectivity index (χ1v) is 7.75. The van der Waals surface area contributed by atoms with Crippen LogP contribution in [-0.2, 0) is 0 Å². The van der Waals surface area contributed by atoms with Crippen molar-refractivity contribution in [1.29, 1.82) is 0 Å². The van der Waals surface area contributed by atoms with Crippen molar-refractivity contribution in [2.45, 2.75) is 39.8 Å². The van der Waals surface area contributed by atoms with Gasteiger partial charge in [-0.05, 0) is 56.5 Å². The molecule has 1 aromatic heterocycles. The molecule has 0 saturated carbocycles. The van der Waals surface area contributed by atoms with Gasteiger partial charge in [0.1, 0.15) is 0 Å². The molecule has 0 aliphatic heterocycles. The highest BCUT2D eigenvalue weighted by atomic mass is 35.5. The summed E-state index contributed by atoms with van der Waals surface area (Å²) in [6, 6.07) is 11.4. The van der Waals surface area contributed by atoms with Gasteiger partial charge in [-0.2, -0.15) is 0 Å². The second-order valence-corrected chi connectivity index (χ2v) is 6.84. The highest BCUT2D eigenvalue weighted by Crippen LogP contribution is 2.28. The second-order valence-electron chi connectivity index (χ2n) is 5.10. The molecule has 2 unspecified atom stereocenters. The maximum absolute atomic E-state index is 5.99. The van der Waals surface area contributed by atoms with Gasteiger partial charge in [0, 0.05) is 17.0 Å². The normalized spacial score (nSPS) is 14.4. The third-order valence-corrected chi connectivity index (χ3v) is 4.97. The fraction of sp³-hybridized carbons (Fsp3) is 0.375. The lowest BCUT2D eigenvalue weighted by Crippen LogP contribution is -2.21. The molecule has 2 rings (SSSR count). The standard InChI is InChI=1S/C16H20ClNS/c1-10-5-6-14(9-11(10)2)12(3)18-13(4)15-7-8-16(17)19-15/h5-9,12-13,18H,1-4H3. The van der Waals surface area contributed by atoms with Crippen LogP contribution in [0.25, 0.3) is 0 Å². The molecule has 0 fully saturated rings. The molecule has 0 radical (unpaired) electrons. The highest BCUT2D eigenvalue weighted by Gasteiger charge is 2.13. The third kappa shape index (κ3) is 3.59. The summed E-state index contributed by atoms with van der Waals surface area (Å²) in [6.45, 7) is 8.69. The monoisotopic (exact) mass is 293 g/mol. The van der Waals surface area contributed by atoms with E-state index in [2.05, 4.69) is 57.3 Å². The Kier molecular flexibility index (Phi) is 4.67. The van der Waals surface area contributed by atoms with E-state index >= 15 is 0 Å². The van der Waals surface area contributed by atoms with E-state index in [1.807, 2.05) is 6.07 Å². The SMILES string of the molecule is Cc1ccc(C(C)NC(C)c2ccc(Cl)s2)cc1C. The Morgan fingerprint density at radius 2 is 1.74 bits per heavy atom. The molecule has 0 aliphatic carbocycles. The van der Waals surface area contributed by atoms with Crippen LogP contribution in [0.5, 0.6) is 0 Å². The summed E-state index contributed by atoms with van der Waals surface area (Å²) in [4.78, 5) is 1.28. The van der Waals surface area contributed by atoms with E-state index in [0.29, 0.717) is 12.1 Å². The summed E-state index contributed by atoms with van der Waals surface area (Å²) in [5, 5.41) is 3.62. The number of hydrogen-bond donors (Lipinski definition) is 1. The molecule has 1 nitrogen and oxygen atoms in total. The van der Waals surface area contributed by atoms with E-state index < -0.39 is 0 Å². The van der Waals surface area contributed by atoms with Gasteiger partial charge in [0.15, 0.2) is 0 Å². The first kappa shape index (κ1) is 14.6. The van der Waals surface area contributed by atoms with Gasteiger partial charge in [-0.3, -0.25) is 0 Å². The Bertz CT molecular complexity index is 562. The maximum atomic E-state index is 5.99. The second kappa shape index (κ2) is 6.08. The lowest BCUT2D eigenvalue weighted by Gasteiger charge is -2.20. The van der Waals surface area contributed by atoms with E-state index in [1.54, 1.807) is 11.3 Å². The predicted octanol–water partition coefficient (Wildman–Crippen LogP) is 5.43. The first-order valence-electron chi connectivity index (χ1n) is 6.56. The highest BCUT2D eigenvalue weighted by molar-refractivity contribution is 7.16. The van der Waals surface area contributed by atoms with Crippen molar-refractivity contribution in [2.75, 3.05) is 0 Å². The minimum atomic E-state index is 0.314. The van der Waals surface area contributed by atoms with Crippen molar-refractivity contribution in [2.24, 2.45) is 0 Å². The van der Waals surface area contributed by atoms with E-state index in [4.69, 9.17) is 11.6 Å². The Hall–Kier alpha value is -0.830. The van der Waals surface area contributed by atoms with E-state index in [0.717, 1.165) is 4.34 Å². The van der Waals surface area contributed by atoms with Crippen molar-refractivity contribution in [1.82, 2.24) is 5.32 Å². The van der Waals surface area contributed by atoms with Crippen molar-refractivity contribution >= 4 is 22.9 Å². The fourth-order valence-electron chi connectivity index (χ4n) is 2.15. The summed E-state index contributed by atoms with van der Waals surface area (Å²) in [7, 11) is 0. The Morgan fingerprint density at radius 1 is 1.00 bits per heavy atom. The van der Waals surface area contributed by atoms with Crippen LogP contribution >= 0.6 is 22.9 Å². The molecule has 2 aromatic rings. The molecule has 19 heavy (non-hydrogen) atoms. The van der Waals surface area contributed by atoms with E-state index in [9.17, 15) is 0 Å². The summed E-state index contributed by atoms with van der Waals surface area (Å²) in [5.74, 6) is 0. The summed E-state index contributed by atoms with van der Waals surface area (Å²) in [5.41, 5.74) is 4.02. The zero-order chi connectivity index (χ0) is 14.0. The van der Waals surface area contributed by atoms with Crippen LogP contribution in [0.3, 0.4) is 0 Å². The van der Waals surface area contributed by atoms with Crippen LogP contribution in [0.4, 0.5) is 0 Å². The Labute approximate surface area is 124 Å². The lowest BCUT2D eigenvalue weighted by atomic mass is 10.0. The van der Waals surface area contributed by atoms with Crippen molar-refractivity contribution < 1.29 is 0 Å². The number of nitrogens with one attached hydrogen (secondary N) is 1. The molecule has 1 aromatic carbocycles. The summed E-state index contributed by atoms with van der Waals surface area (Å²) < 4.78 is 0.850. The number of halogens is 1. The Balaban J connectivity index is 2.07. The molecular weight excluding hydrogens is 274 g/mol. The molecular formula is C16H20ClNS. The average Bonchev–Trinajstić information content (AvgIpc) is 2.79. The summed E-state index contributed by atoms with van der Waals surface area (Å²) >= 11 is 7.63. The molecule has 0 bridgehead atoms. The predicted molar refractivity (Wildman–Crippen MR) is 85.2 cm³/mol. The zero-order valence-corrected chi connectivity index (χ0v) is 13.4. The van der Waals surface area contributed by atoms with Gasteiger partial charge >= 0.3 is 0 Å². The van der Waals surface area contributed by atoms with Gasteiger partial charge in [0.25, 0.3) is 0 Å². The minimum Gasteiger partial charge on any atom is -0.303 e. The van der Waals surface area contributed by atoms with Crippen LogP contribution in [0.2, 0.25) is 4.34 Å². The zero-order valence-electron chi connectivity index (χ0n) is 11.8. The van der Waals surface area contributed by atoms with Gasteiger partial charge in [-0.15, -0.1) is 11.3 Å². The van der Waals surface area contributed by atoms with E-state index in [-0.39, 0.29) is 0 Å². The summed E-state index contributed by atoms with van der Waals surface area (Å²) in [6.07, 6.45) is 0. The maximum Gasteiger partial charge on any atom is 0.0931 e. The third-order valence-electron chi connectivity index (χ3n) is 3.55. The van der Waals surface area contributed by atoms with Crippen LogP contribution in [0.15, 0.2) is 30.3 Å². The molecule has 0 spiro atoms. The smallest absolute Gasteiger partial charge is 0.0931 e. The van der Waals surface area contributed by atoms with Crippen LogP contribution in [0, 0.1) is 13.8 Å². The number of rotatable bonds is 4. The molecule has 2 atom stereocenters. The van der Waals surface area contributed by atoms with Crippen molar-refractivity contribution in [3.8, 4) is 0 Å². The van der Waals surface area contributed by atoms with E-state index in [1.165, 1.54) is 21.6 Å². The first-order chi connectivity index (χ1) is 8.97. The topological polar surface area (TPSA) is 12.0 Å². The molecule has 102 valence electrons. The largest absolute Gasteiger partial charge is 0.303 e. The molecule has 0 amide bonds. The van der Waals surface area contributed by atoms with Crippen molar-refractivity contribution in [3.63, 3.8) is 0 Å². The van der Waals surface area contributed by atoms with Gasteiger partial charge in [0.05, 0.1) is 4.34 Å². The molecule has 0 aliphatic rings. The van der Waals surface area contributed by atoms with Gasteiger partial charge in [-0.25, -0.2) is 0 Å². The minimum absolute atomic E-state index is 0.314. The quantitative estimate of drug-likeness (QED) is 0.792. The van der Waals surface area contributed by atoms with Gasteiger partial charge in [0.2, 0.25) is 0 Å². The molecule has 0 saturated heterocycles. The van der Waals surface area contributed by atoms with Crippen LogP contribution < -0.4 is 5.32 Å². The number of aryl methyl sites for hydroxylation is 2. The number of hydrogen-bond acceptors (Lipinski definition) is 2. The van der Waals surface area contributed by atoms with Crippen molar-refractivity contribution in [3.05, 3.63) is 56.2 Å². The van der Waals surface area contributed by atoms with Crippen LogP contribution in [-0.4, -0.2) is 0 Å². The molecule has 3 heteroatoms. The molecule has 1 heterocycles.